The normalized spacial score (nSPS) is 18.3. The highest BCUT2D eigenvalue weighted by atomic mass is 16.6. The summed E-state index contributed by atoms with van der Waals surface area (Å²) in [6, 6.07) is 16.3. The van der Waals surface area contributed by atoms with Crippen LogP contribution in [0, 0.1) is 17.8 Å². The van der Waals surface area contributed by atoms with Crippen molar-refractivity contribution >= 4 is 23.8 Å². The molecule has 2 unspecified atom stereocenters. The van der Waals surface area contributed by atoms with E-state index in [0.29, 0.717) is 12.8 Å². The number of nitrogens with zero attached hydrogens (tertiary/aromatic N) is 1. The quantitative estimate of drug-likeness (QED) is 0.192. The number of hydrogen-bond donors (Lipinski definition) is 5. The minimum Gasteiger partial charge on any atom is -0.426 e. The first-order valence-corrected chi connectivity index (χ1v) is 15.7. The second-order valence-electron chi connectivity index (χ2n) is 12.8. The molecule has 0 spiro atoms. The summed E-state index contributed by atoms with van der Waals surface area (Å²) in [5, 5.41) is 18.7. The van der Waals surface area contributed by atoms with Crippen LogP contribution < -0.4 is 21.8 Å². The minimum atomic E-state index is -1.14. The van der Waals surface area contributed by atoms with Gasteiger partial charge in [-0.2, -0.15) is 5.43 Å². The molecule has 6 N–H and O–H groups in total. The molecular formula is C34H49N5O6. The van der Waals surface area contributed by atoms with Gasteiger partial charge in [-0.3, -0.25) is 14.4 Å². The first-order chi connectivity index (χ1) is 21.2. The van der Waals surface area contributed by atoms with Gasteiger partial charge >= 0.3 is 6.09 Å². The zero-order valence-electron chi connectivity index (χ0n) is 27.2. The lowest BCUT2D eigenvalue weighted by atomic mass is 9.88. The summed E-state index contributed by atoms with van der Waals surface area (Å²) < 4.78 is 5.46. The second-order valence-corrected chi connectivity index (χ2v) is 12.8. The summed E-state index contributed by atoms with van der Waals surface area (Å²) in [5.41, 5.74) is 9.43. The predicted molar refractivity (Wildman–Crippen MR) is 171 cm³/mol. The summed E-state index contributed by atoms with van der Waals surface area (Å²) in [5.74, 6) is -2.83. The summed E-state index contributed by atoms with van der Waals surface area (Å²) >= 11 is 0. The number of amides is 4. The van der Waals surface area contributed by atoms with Gasteiger partial charge in [0, 0.05) is 5.92 Å². The highest BCUT2D eigenvalue weighted by molar-refractivity contribution is 5.92. The van der Waals surface area contributed by atoms with Gasteiger partial charge in [0.2, 0.25) is 17.7 Å². The van der Waals surface area contributed by atoms with E-state index in [1.807, 2.05) is 74.5 Å². The van der Waals surface area contributed by atoms with Crippen molar-refractivity contribution in [2.45, 2.75) is 97.2 Å². The van der Waals surface area contributed by atoms with Crippen LogP contribution in [-0.4, -0.2) is 63.9 Å². The summed E-state index contributed by atoms with van der Waals surface area (Å²) in [6.07, 6.45) is -0.548. The topological polar surface area (TPSA) is 163 Å². The summed E-state index contributed by atoms with van der Waals surface area (Å²) in [7, 11) is 0. The van der Waals surface area contributed by atoms with E-state index >= 15 is 0 Å². The molecule has 1 aliphatic heterocycles. The molecule has 0 saturated carbocycles. The molecule has 0 bridgehead atoms. The van der Waals surface area contributed by atoms with Crippen LogP contribution in [0.15, 0.2) is 60.7 Å². The monoisotopic (exact) mass is 623 g/mol. The van der Waals surface area contributed by atoms with Crippen LogP contribution in [0.25, 0.3) is 0 Å². The van der Waals surface area contributed by atoms with E-state index in [0.717, 1.165) is 11.1 Å². The SMILES string of the molecule is CCC(C)[C@H](NC(=O)[C@@H](NC(=O)C(Cc1ccccc1)C[C@@H](O)[C@H](Cc1ccccc1)N1NC(C)(C)OC1=O)C(C)C)C(N)=O. The molecule has 3 rings (SSSR count). The fraction of sp³-hybridized carbons (Fsp3) is 0.529. The van der Waals surface area contributed by atoms with Crippen molar-refractivity contribution in [3.63, 3.8) is 0 Å². The van der Waals surface area contributed by atoms with Crippen molar-refractivity contribution in [2.24, 2.45) is 23.5 Å². The summed E-state index contributed by atoms with van der Waals surface area (Å²) in [4.78, 5) is 52.4. The van der Waals surface area contributed by atoms with Crippen molar-refractivity contribution in [1.29, 1.82) is 0 Å². The molecule has 4 amide bonds. The molecule has 246 valence electrons. The van der Waals surface area contributed by atoms with Crippen LogP contribution in [0.4, 0.5) is 4.79 Å². The number of primary amides is 1. The predicted octanol–water partition coefficient (Wildman–Crippen LogP) is 3.06. The smallest absolute Gasteiger partial charge is 0.426 e. The number of hydrogen-bond acceptors (Lipinski definition) is 7. The Morgan fingerprint density at radius 2 is 1.44 bits per heavy atom. The number of rotatable bonds is 16. The molecular weight excluding hydrogens is 574 g/mol. The van der Waals surface area contributed by atoms with Gasteiger partial charge in [-0.05, 0) is 56.1 Å². The van der Waals surface area contributed by atoms with Crippen molar-refractivity contribution in [3.8, 4) is 0 Å². The molecule has 45 heavy (non-hydrogen) atoms. The maximum absolute atomic E-state index is 14.0. The number of aliphatic hydroxyl groups excluding tert-OH is 1. The number of carbonyl (C=O) groups excluding carboxylic acids is 4. The lowest BCUT2D eigenvalue weighted by Gasteiger charge is -2.33. The van der Waals surface area contributed by atoms with E-state index in [9.17, 15) is 24.3 Å². The van der Waals surface area contributed by atoms with Gasteiger partial charge in [-0.15, -0.1) is 0 Å². The maximum atomic E-state index is 14.0. The standard InChI is InChI=1S/C34H49N5O6/c1-7-22(4)29(30(35)41)37-32(43)28(21(2)3)36-31(42)25(18-23-14-10-8-11-15-23)20-27(40)26(19-24-16-12-9-13-17-24)39-33(44)45-34(5,6)38-39/h8-17,21-22,25-29,38,40H,7,18-20H2,1-6H3,(H2,35,41)(H,36,42)(H,37,43)/t22?,25?,26-,27+,28-,29-/m0/s1. The lowest BCUT2D eigenvalue weighted by molar-refractivity contribution is -0.134. The third kappa shape index (κ3) is 10.0. The molecule has 1 fully saturated rings. The van der Waals surface area contributed by atoms with Gasteiger partial charge in [-0.1, -0.05) is 94.8 Å². The first kappa shape index (κ1) is 35.5. The van der Waals surface area contributed by atoms with Gasteiger partial charge < -0.3 is 26.2 Å². The molecule has 2 aromatic rings. The largest absolute Gasteiger partial charge is 0.426 e. The molecule has 6 atom stereocenters. The zero-order chi connectivity index (χ0) is 33.3. The van der Waals surface area contributed by atoms with Crippen LogP contribution in [0.3, 0.4) is 0 Å². The molecule has 1 saturated heterocycles. The van der Waals surface area contributed by atoms with E-state index < -0.39 is 59.7 Å². The highest BCUT2D eigenvalue weighted by Crippen LogP contribution is 2.26. The molecule has 11 heteroatoms. The molecule has 0 radical (unpaired) electrons. The number of nitrogens with two attached hydrogens (primary N) is 1. The van der Waals surface area contributed by atoms with Crippen molar-refractivity contribution in [2.75, 3.05) is 0 Å². The zero-order valence-corrected chi connectivity index (χ0v) is 27.2. The Hall–Kier alpha value is -3.96. The number of benzene rings is 2. The Labute approximate surface area is 266 Å². The fourth-order valence-corrected chi connectivity index (χ4v) is 5.51. The maximum Gasteiger partial charge on any atom is 0.426 e. The van der Waals surface area contributed by atoms with Gasteiger partial charge in [-0.25, -0.2) is 9.80 Å². The molecule has 11 nitrogen and oxygen atoms in total. The van der Waals surface area contributed by atoms with Gasteiger partial charge in [0.1, 0.15) is 12.1 Å². The van der Waals surface area contributed by atoms with Crippen LogP contribution in [-0.2, 0) is 32.0 Å². The van der Waals surface area contributed by atoms with Crippen molar-refractivity contribution < 1.29 is 29.0 Å². The Morgan fingerprint density at radius 1 is 0.911 bits per heavy atom. The molecule has 0 aromatic heterocycles. The molecule has 2 aromatic carbocycles. The van der Waals surface area contributed by atoms with E-state index in [-0.39, 0.29) is 24.7 Å². The average Bonchev–Trinajstić information content (AvgIpc) is 3.28. The number of cyclic esters (lactones) is 1. The number of carbonyl (C=O) groups is 4. The number of nitrogens with one attached hydrogen (secondary N) is 3. The number of ether oxygens (including phenoxy) is 1. The van der Waals surface area contributed by atoms with E-state index in [1.165, 1.54) is 5.01 Å². The average molecular weight is 624 g/mol. The fourth-order valence-electron chi connectivity index (χ4n) is 5.51. The van der Waals surface area contributed by atoms with E-state index in [1.54, 1.807) is 27.7 Å². The van der Waals surface area contributed by atoms with Crippen molar-refractivity contribution in [3.05, 3.63) is 71.8 Å². The third-order valence-corrected chi connectivity index (χ3v) is 8.28. The highest BCUT2D eigenvalue weighted by Gasteiger charge is 2.44. The Kier molecular flexibility index (Phi) is 12.5. The van der Waals surface area contributed by atoms with Crippen LogP contribution in [0.1, 0.15) is 65.5 Å². The Balaban J connectivity index is 1.88. The van der Waals surface area contributed by atoms with E-state index in [4.69, 9.17) is 10.5 Å². The van der Waals surface area contributed by atoms with Crippen LogP contribution >= 0.6 is 0 Å². The van der Waals surface area contributed by atoms with Crippen LogP contribution in [0.5, 0.6) is 0 Å². The minimum absolute atomic E-state index is 0.00662. The molecule has 1 heterocycles. The Bertz CT molecular complexity index is 1290. The second kappa shape index (κ2) is 15.9. The molecule has 1 aliphatic rings. The van der Waals surface area contributed by atoms with Crippen LogP contribution in [0.2, 0.25) is 0 Å². The van der Waals surface area contributed by atoms with Gasteiger partial charge in [0.05, 0.1) is 12.1 Å². The molecule has 0 aliphatic carbocycles. The van der Waals surface area contributed by atoms with Crippen molar-refractivity contribution in [1.82, 2.24) is 21.1 Å². The summed E-state index contributed by atoms with van der Waals surface area (Å²) in [6.45, 7) is 10.8. The Morgan fingerprint density at radius 3 is 1.91 bits per heavy atom. The lowest BCUT2D eigenvalue weighted by Crippen LogP contribution is -2.57. The van der Waals surface area contributed by atoms with E-state index in [2.05, 4.69) is 16.1 Å². The van der Waals surface area contributed by atoms with Gasteiger partial charge in [0.15, 0.2) is 5.72 Å². The number of hydrazine groups is 1. The third-order valence-electron chi connectivity index (χ3n) is 8.28. The number of aliphatic hydroxyl groups is 1. The first-order valence-electron chi connectivity index (χ1n) is 15.7. The van der Waals surface area contributed by atoms with Gasteiger partial charge in [0.25, 0.3) is 0 Å².